The first-order chi connectivity index (χ1) is 19.1. The van der Waals surface area contributed by atoms with E-state index in [-0.39, 0.29) is 5.92 Å². The number of fused-ring (bicyclic) bond motifs is 2. The number of aromatic nitrogens is 1. The maximum Gasteiger partial charge on any atom is 0.138 e. The molecule has 0 amide bonds. The highest BCUT2D eigenvalue weighted by Crippen LogP contribution is 2.47. The zero-order valence-corrected chi connectivity index (χ0v) is 22.5. The molecule has 1 atom stereocenters. The van der Waals surface area contributed by atoms with Gasteiger partial charge in [0.25, 0.3) is 0 Å². The third-order valence-electron chi connectivity index (χ3n) is 6.80. The van der Waals surface area contributed by atoms with Gasteiger partial charge in [-0.25, -0.2) is 4.98 Å². The summed E-state index contributed by atoms with van der Waals surface area (Å²) < 4.78 is 13.3. The number of nitriles is 1. The number of allylic oxidation sites excluding steroid dienone is 3. The van der Waals surface area contributed by atoms with E-state index in [2.05, 4.69) is 43.3 Å². The number of para-hydroxylation sites is 2. The fourth-order valence-corrected chi connectivity index (χ4v) is 5.86. The molecular weight excluding hydrogens is 500 g/mol. The van der Waals surface area contributed by atoms with Gasteiger partial charge in [-0.1, -0.05) is 60.2 Å². The van der Waals surface area contributed by atoms with Gasteiger partial charge >= 0.3 is 0 Å². The van der Waals surface area contributed by atoms with Gasteiger partial charge in [-0.15, -0.1) is 11.3 Å². The zero-order chi connectivity index (χ0) is 26.8. The van der Waals surface area contributed by atoms with Gasteiger partial charge in [0.2, 0.25) is 0 Å². The summed E-state index contributed by atoms with van der Waals surface area (Å²) in [6.07, 6.45) is 1.96. The molecular formula is C34H26N2O2S. The van der Waals surface area contributed by atoms with Crippen molar-refractivity contribution >= 4 is 32.9 Å². The predicted molar refractivity (Wildman–Crippen MR) is 158 cm³/mol. The Morgan fingerprint density at radius 3 is 2.46 bits per heavy atom. The van der Waals surface area contributed by atoms with Crippen LogP contribution in [0, 0.1) is 18.3 Å². The molecule has 4 nitrogen and oxygen atoms in total. The second-order valence-corrected chi connectivity index (χ2v) is 10.4. The number of rotatable bonds is 6. The lowest BCUT2D eigenvalue weighted by molar-refractivity contribution is 0.340. The Labute approximate surface area is 232 Å². The van der Waals surface area contributed by atoms with Crippen molar-refractivity contribution in [1.82, 2.24) is 4.98 Å². The van der Waals surface area contributed by atoms with Crippen LogP contribution in [0.2, 0.25) is 0 Å². The molecule has 6 rings (SSSR count). The van der Waals surface area contributed by atoms with Gasteiger partial charge in [0.1, 0.15) is 28.3 Å². The number of hydrogen-bond donors (Lipinski definition) is 0. The standard InChI is InChI=1S/C34H26N2O2S/c1-3-37-26-18-16-24(17-19-26)33-28(20-25(21-35)34-36-29-9-5-7-11-31(29)39-34)32(23-14-12-22(2)13-15-23)27-8-4-6-10-30(27)38-33/h4-20,32H,3H2,1-2H3/b25-20+/t32-/m0/s1. The Kier molecular flexibility index (Phi) is 6.71. The minimum absolute atomic E-state index is 0.130. The molecule has 0 saturated carbocycles. The summed E-state index contributed by atoms with van der Waals surface area (Å²) in [4.78, 5) is 4.78. The molecule has 0 saturated heterocycles. The SMILES string of the molecule is CCOc1ccc(C2=C(/C=C(\C#N)c3nc4ccccc4s3)[C@@H](c3ccc(C)cc3)c3ccccc3O2)cc1. The number of aryl methyl sites for hydroxylation is 1. The monoisotopic (exact) mass is 526 g/mol. The lowest BCUT2D eigenvalue weighted by Gasteiger charge is -2.30. The Morgan fingerprint density at radius 2 is 1.72 bits per heavy atom. The summed E-state index contributed by atoms with van der Waals surface area (Å²) in [7, 11) is 0. The molecule has 1 aromatic heterocycles. The summed E-state index contributed by atoms with van der Waals surface area (Å²) in [6, 6.07) is 35.0. The molecule has 4 aromatic carbocycles. The highest BCUT2D eigenvalue weighted by atomic mass is 32.1. The third kappa shape index (κ3) is 4.83. The summed E-state index contributed by atoms with van der Waals surface area (Å²) >= 11 is 1.53. The second kappa shape index (κ2) is 10.6. The molecule has 0 fully saturated rings. The minimum Gasteiger partial charge on any atom is -0.494 e. The molecule has 1 aliphatic rings. The molecule has 0 bridgehead atoms. The summed E-state index contributed by atoms with van der Waals surface area (Å²) in [5.41, 5.74) is 6.61. The molecule has 5 aromatic rings. The number of ether oxygens (including phenoxy) is 2. The van der Waals surface area contributed by atoms with Crippen molar-refractivity contribution in [3.8, 4) is 17.6 Å². The molecule has 0 spiro atoms. The maximum atomic E-state index is 10.3. The maximum absolute atomic E-state index is 10.3. The zero-order valence-electron chi connectivity index (χ0n) is 21.7. The minimum atomic E-state index is -0.130. The van der Waals surface area contributed by atoms with E-state index in [1.54, 1.807) is 0 Å². The van der Waals surface area contributed by atoms with Crippen LogP contribution in [0.15, 0.2) is 109 Å². The van der Waals surface area contributed by atoms with Crippen LogP contribution >= 0.6 is 11.3 Å². The number of hydrogen-bond acceptors (Lipinski definition) is 5. The van der Waals surface area contributed by atoms with Crippen molar-refractivity contribution < 1.29 is 9.47 Å². The van der Waals surface area contributed by atoms with Gasteiger partial charge in [-0.2, -0.15) is 5.26 Å². The molecule has 0 unspecified atom stereocenters. The fourth-order valence-electron chi connectivity index (χ4n) is 4.93. The van der Waals surface area contributed by atoms with Crippen LogP contribution in [0.5, 0.6) is 11.5 Å². The Bertz CT molecular complexity index is 1720. The van der Waals surface area contributed by atoms with E-state index in [0.717, 1.165) is 49.7 Å². The van der Waals surface area contributed by atoms with E-state index in [4.69, 9.17) is 14.5 Å². The molecule has 39 heavy (non-hydrogen) atoms. The van der Waals surface area contributed by atoms with Gasteiger partial charge in [0.15, 0.2) is 0 Å². The van der Waals surface area contributed by atoms with E-state index >= 15 is 0 Å². The third-order valence-corrected chi connectivity index (χ3v) is 7.87. The molecule has 0 N–H and O–H groups in total. The van der Waals surface area contributed by atoms with Crippen LogP contribution in [0.25, 0.3) is 21.5 Å². The van der Waals surface area contributed by atoms with Crippen LogP contribution in [-0.4, -0.2) is 11.6 Å². The van der Waals surface area contributed by atoms with Crippen molar-refractivity contribution in [3.05, 3.63) is 136 Å². The van der Waals surface area contributed by atoms with Crippen LogP contribution in [0.4, 0.5) is 0 Å². The quantitative estimate of drug-likeness (QED) is 0.208. The normalized spacial score (nSPS) is 15.0. The first-order valence-corrected chi connectivity index (χ1v) is 13.7. The van der Waals surface area contributed by atoms with Gasteiger partial charge < -0.3 is 9.47 Å². The summed E-state index contributed by atoms with van der Waals surface area (Å²) in [6.45, 7) is 4.66. The van der Waals surface area contributed by atoms with E-state index in [9.17, 15) is 5.26 Å². The highest BCUT2D eigenvalue weighted by Gasteiger charge is 2.31. The molecule has 190 valence electrons. The van der Waals surface area contributed by atoms with Gasteiger partial charge in [-0.05, 0) is 68.0 Å². The van der Waals surface area contributed by atoms with E-state index in [1.165, 1.54) is 16.9 Å². The lowest BCUT2D eigenvalue weighted by atomic mass is 9.80. The van der Waals surface area contributed by atoms with Gasteiger partial charge in [-0.3, -0.25) is 0 Å². The molecule has 5 heteroatoms. The van der Waals surface area contributed by atoms with Crippen molar-refractivity contribution in [2.75, 3.05) is 6.61 Å². The van der Waals surface area contributed by atoms with E-state index in [0.29, 0.717) is 17.2 Å². The van der Waals surface area contributed by atoms with E-state index < -0.39 is 0 Å². The van der Waals surface area contributed by atoms with E-state index in [1.807, 2.05) is 79.7 Å². The highest BCUT2D eigenvalue weighted by molar-refractivity contribution is 7.19. The molecule has 0 aliphatic carbocycles. The van der Waals surface area contributed by atoms with Crippen LogP contribution in [-0.2, 0) is 0 Å². The Morgan fingerprint density at radius 1 is 0.974 bits per heavy atom. The topological polar surface area (TPSA) is 55.1 Å². The average molecular weight is 527 g/mol. The molecule has 2 heterocycles. The number of thiazole rings is 1. The van der Waals surface area contributed by atoms with Crippen LogP contribution < -0.4 is 9.47 Å². The largest absolute Gasteiger partial charge is 0.494 e. The summed E-state index contributed by atoms with van der Waals surface area (Å²) in [5.74, 6) is 2.20. The summed E-state index contributed by atoms with van der Waals surface area (Å²) in [5, 5.41) is 11.0. The number of benzene rings is 4. The smallest absolute Gasteiger partial charge is 0.138 e. The Hall–Kier alpha value is -4.66. The first kappa shape index (κ1) is 24.7. The number of nitrogens with zero attached hydrogens (tertiary/aromatic N) is 2. The van der Waals surface area contributed by atoms with Crippen molar-refractivity contribution in [2.24, 2.45) is 0 Å². The Balaban J connectivity index is 1.59. The van der Waals surface area contributed by atoms with Crippen molar-refractivity contribution in [3.63, 3.8) is 0 Å². The van der Waals surface area contributed by atoms with Gasteiger partial charge in [0.05, 0.1) is 22.4 Å². The molecule has 1 aliphatic heterocycles. The molecule has 0 radical (unpaired) electrons. The lowest BCUT2D eigenvalue weighted by Crippen LogP contribution is -2.16. The predicted octanol–water partition coefficient (Wildman–Crippen LogP) is 8.55. The first-order valence-electron chi connectivity index (χ1n) is 12.9. The van der Waals surface area contributed by atoms with Crippen molar-refractivity contribution in [1.29, 1.82) is 5.26 Å². The fraction of sp³-hybridized carbons (Fsp3) is 0.118. The van der Waals surface area contributed by atoms with Crippen LogP contribution in [0.3, 0.4) is 0 Å². The van der Waals surface area contributed by atoms with Crippen LogP contribution in [0.1, 0.15) is 40.1 Å². The van der Waals surface area contributed by atoms with Gasteiger partial charge in [0, 0.05) is 22.6 Å². The average Bonchev–Trinajstić information content (AvgIpc) is 3.41. The van der Waals surface area contributed by atoms with Crippen molar-refractivity contribution in [2.45, 2.75) is 19.8 Å². The second-order valence-electron chi connectivity index (χ2n) is 9.38.